The molecule has 0 aliphatic carbocycles. The largest absolute Gasteiger partial charge is 0.464 e. The first-order valence-corrected chi connectivity index (χ1v) is 9.25. The van der Waals surface area contributed by atoms with Gasteiger partial charge in [0, 0.05) is 6.54 Å². The van der Waals surface area contributed by atoms with Crippen molar-refractivity contribution in [3.05, 3.63) is 35.9 Å². The molecule has 0 fully saturated rings. The predicted octanol–water partition coefficient (Wildman–Crippen LogP) is 4.02. The highest BCUT2D eigenvalue weighted by Gasteiger charge is 2.29. The summed E-state index contributed by atoms with van der Waals surface area (Å²) < 4.78 is 5.48. The monoisotopic (exact) mass is 371 g/mol. The first kappa shape index (κ1) is 23.9. The standard InChI is InChI=1S/C20H33NO3.ClH/c1-4-7-9-14-18(22)19(17-12-10-8-11-13-17)20(23)24-16-15-21(5-2)6-3;/h8,10-13,18-19,22H,4-7,9,14-16H2,1-3H3;1H. The Hall–Kier alpha value is -1.10. The van der Waals surface area contributed by atoms with Crippen LogP contribution in [0.25, 0.3) is 0 Å². The van der Waals surface area contributed by atoms with Crippen molar-refractivity contribution in [2.45, 2.75) is 58.5 Å². The van der Waals surface area contributed by atoms with Crippen molar-refractivity contribution in [2.75, 3.05) is 26.2 Å². The van der Waals surface area contributed by atoms with Gasteiger partial charge < -0.3 is 14.7 Å². The van der Waals surface area contributed by atoms with Crippen molar-refractivity contribution in [3.8, 4) is 0 Å². The van der Waals surface area contributed by atoms with Gasteiger partial charge in [0.05, 0.1) is 6.10 Å². The molecule has 0 aromatic heterocycles. The third-order valence-corrected chi connectivity index (χ3v) is 4.45. The van der Waals surface area contributed by atoms with Crippen LogP contribution >= 0.6 is 12.4 Å². The van der Waals surface area contributed by atoms with Gasteiger partial charge in [0.25, 0.3) is 0 Å². The highest BCUT2D eigenvalue weighted by molar-refractivity contribution is 5.85. The van der Waals surface area contributed by atoms with Crippen molar-refractivity contribution in [1.29, 1.82) is 0 Å². The lowest BCUT2D eigenvalue weighted by Gasteiger charge is -2.23. The van der Waals surface area contributed by atoms with E-state index in [1.54, 1.807) is 0 Å². The van der Waals surface area contributed by atoms with E-state index < -0.39 is 12.0 Å². The summed E-state index contributed by atoms with van der Waals surface area (Å²) in [5.74, 6) is -0.919. The number of ether oxygens (including phenoxy) is 1. The number of unbranched alkanes of at least 4 members (excludes halogenated alkanes) is 2. The molecule has 0 heterocycles. The van der Waals surface area contributed by atoms with Gasteiger partial charge >= 0.3 is 5.97 Å². The van der Waals surface area contributed by atoms with Gasteiger partial charge in [-0.1, -0.05) is 70.4 Å². The Bertz CT molecular complexity index is 452. The SMILES string of the molecule is CCCCCC(O)C(C(=O)OCCN(CC)CC)c1ccccc1.Cl. The molecule has 0 amide bonds. The predicted molar refractivity (Wildman–Crippen MR) is 105 cm³/mol. The van der Waals surface area contributed by atoms with E-state index in [1.165, 1.54) is 0 Å². The van der Waals surface area contributed by atoms with Crippen LogP contribution in [0, 0.1) is 0 Å². The van der Waals surface area contributed by atoms with E-state index in [2.05, 4.69) is 25.7 Å². The Morgan fingerprint density at radius 2 is 1.76 bits per heavy atom. The second kappa shape index (κ2) is 14.1. The van der Waals surface area contributed by atoms with Gasteiger partial charge in [-0.25, -0.2) is 0 Å². The fourth-order valence-electron chi connectivity index (χ4n) is 2.85. The molecule has 2 atom stereocenters. The summed E-state index contributed by atoms with van der Waals surface area (Å²) in [5, 5.41) is 10.5. The van der Waals surface area contributed by atoms with Gasteiger partial charge in [-0.15, -0.1) is 12.4 Å². The number of carbonyl (C=O) groups excluding carboxylic acids is 1. The lowest BCUT2D eigenvalue weighted by Crippen LogP contribution is -2.32. The Morgan fingerprint density at radius 1 is 1.12 bits per heavy atom. The Kier molecular flexibility index (Phi) is 13.5. The summed E-state index contributed by atoms with van der Waals surface area (Å²) in [4.78, 5) is 14.8. The van der Waals surface area contributed by atoms with E-state index in [0.717, 1.165) is 44.5 Å². The molecular formula is C20H34ClNO3. The zero-order valence-corrected chi connectivity index (χ0v) is 16.6. The number of rotatable bonds is 12. The van der Waals surface area contributed by atoms with Crippen molar-refractivity contribution < 1.29 is 14.6 Å². The minimum absolute atomic E-state index is 0. The van der Waals surface area contributed by atoms with Crippen molar-refractivity contribution in [2.24, 2.45) is 0 Å². The number of benzene rings is 1. The molecule has 0 aliphatic rings. The number of carbonyl (C=O) groups is 1. The maximum absolute atomic E-state index is 12.6. The lowest BCUT2D eigenvalue weighted by atomic mass is 9.90. The van der Waals surface area contributed by atoms with Crippen molar-refractivity contribution in [1.82, 2.24) is 4.90 Å². The number of esters is 1. The van der Waals surface area contributed by atoms with Gasteiger partial charge in [0.1, 0.15) is 12.5 Å². The van der Waals surface area contributed by atoms with Crippen LogP contribution in [0.3, 0.4) is 0 Å². The van der Waals surface area contributed by atoms with Crippen LogP contribution in [-0.4, -0.2) is 48.3 Å². The molecule has 4 nitrogen and oxygen atoms in total. The van der Waals surface area contributed by atoms with E-state index in [9.17, 15) is 9.90 Å². The number of nitrogens with zero attached hydrogens (tertiary/aromatic N) is 1. The molecular weight excluding hydrogens is 338 g/mol. The van der Waals surface area contributed by atoms with E-state index in [-0.39, 0.29) is 18.4 Å². The second-order valence-corrected chi connectivity index (χ2v) is 6.15. The Morgan fingerprint density at radius 3 is 2.32 bits per heavy atom. The molecule has 2 unspecified atom stereocenters. The molecule has 1 aromatic carbocycles. The van der Waals surface area contributed by atoms with Crippen LogP contribution in [-0.2, 0) is 9.53 Å². The first-order valence-electron chi connectivity index (χ1n) is 9.25. The van der Waals surface area contributed by atoms with Gasteiger partial charge in [0.2, 0.25) is 0 Å². The summed E-state index contributed by atoms with van der Waals surface area (Å²) >= 11 is 0. The lowest BCUT2D eigenvalue weighted by molar-refractivity contribution is -0.149. The normalized spacial score (nSPS) is 13.2. The van der Waals surface area contributed by atoms with E-state index in [0.29, 0.717) is 13.0 Å². The van der Waals surface area contributed by atoms with Gasteiger partial charge in [-0.2, -0.15) is 0 Å². The molecule has 25 heavy (non-hydrogen) atoms. The smallest absolute Gasteiger partial charge is 0.316 e. The molecule has 1 rings (SSSR count). The summed E-state index contributed by atoms with van der Waals surface area (Å²) in [6, 6.07) is 9.48. The Labute approximate surface area is 159 Å². The van der Waals surface area contributed by atoms with E-state index in [4.69, 9.17) is 4.74 Å². The van der Waals surface area contributed by atoms with E-state index >= 15 is 0 Å². The van der Waals surface area contributed by atoms with Crippen LogP contribution in [0.1, 0.15) is 57.9 Å². The molecule has 5 heteroatoms. The first-order chi connectivity index (χ1) is 11.6. The van der Waals surface area contributed by atoms with Crippen molar-refractivity contribution in [3.63, 3.8) is 0 Å². The highest BCUT2D eigenvalue weighted by atomic mass is 35.5. The minimum Gasteiger partial charge on any atom is -0.464 e. The number of likely N-dealkylation sites (N-methyl/N-ethyl adjacent to an activating group) is 1. The molecule has 0 spiro atoms. The zero-order chi connectivity index (χ0) is 17.8. The summed E-state index contributed by atoms with van der Waals surface area (Å²) in [5.41, 5.74) is 0.828. The topological polar surface area (TPSA) is 49.8 Å². The third-order valence-electron chi connectivity index (χ3n) is 4.45. The summed E-state index contributed by atoms with van der Waals surface area (Å²) in [6.07, 6.45) is 3.01. The summed E-state index contributed by atoms with van der Waals surface area (Å²) in [7, 11) is 0. The third kappa shape index (κ3) is 8.70. The van der Waals surface area contributed by atoms with E-state index in [1.807, 2.05) is 30.3 Å². The minimum atomic E-state index is -0.695. The molecule has 0 bridgehead atoms. The van der Waals surface area contributed by atoms with Crippen LogP contribution in [0.4, 0.5) is 0 Å². The van der Waals surface area contributed by atoms with Gasteiger partial charge in [0.15, 0.2) is 0 Å². The molecule has 0 radical (unpaired) electrons. The van der Waals surface area contributed by atoms with Crippen LogP contribution < -0.4 is 0 Å². The van der Waals surface area contributed by atoms with Crippen LogP contribution in [0.2, 0.25) is 0 Å². The number of halogens is 1. The highest BCUT2D eigenvalue weighted by Crippen LogP contribution is 2.25. The summed E-state index contributed by atoms with van der Waals surface area (Å²) in [6.45, 7) is 9.29. The Balaban J connectivity index is 0.00000576. The molecule has 0 saturated heterocycles. The maximum atomic E-state index is 12.6. The van der Waals surface area contributed by atoms with Crippen LogP contribution in [0.15, 0.2) is 30.3 Å². The molecule has 0 saturated carbocycles. The fraction of sp³-hybridized carbons (Fsp3) is 0.650. The number of hydrogen-bond donors (Lipinski definition) is 1. The van der Waals surface area contributed by atoms with Crippen LogP contribution in [0.5, 0.6) is 0 Å². The average Bonchev–Trinajstić information content (AvgIpc) is 2.60. The number of aliphatic hydroxyl groups is 1. The number of aliphatic hydroxyl groups excluding tert-OH is 1. The average molecular weight is 372 g/mol. The van der Waals surface area contributed by atoms with Gasteiger partial charge in [-0.05, 0) is 25.1 Å². The number of hydrogen-bond acceptors (Lipinski definition) is 4. The van der Waals surface area contributed by atoms with Crippen molar-refractivity contribution >= 4 is 18.4 Å². The quantitative estimate of drug-likeness (QED) is 0.445. The molecule has 1 aromatic rings. The second-order valence-electron chi connectivity index (χ2n) is 6.15. The fourth-order valence-corrected chi connectivity index (χ4v) is 2.85. The molecule has 144 valence electrons. The molecule has 1 N–H and O–H groups in total. The molecule has 0 aliphatic heterocycles. The van der Waals surface area contributed by atoms with Gasteiger partial charge in [-0.3, -0.25) is 4.79 Å². The zero-order valence-electron chi connectivity index (χ0n) is 15.8. The maximum Gasteiger partial charge on any atom is 0.316 e.